The minimum absolute atomic E-state index is 0.0152. The van der Waals surface area contributed by atoms with Crippen molar-refractivity contribution in [2.75, 3.05) is 20.8 Å². The molecule has 0 aromatic heterocycles. The highest BCUT2D eigenvalue weighted by molar-refractivity contribution is 5.87. The summed E-state index contributed by atoms with van der Waals surface area (Å²) in [6.45, 7) is 8.41. The number of nitrogens with one attached hydrogen (secondary N) is 2. The maximum atomic E-state index is 13.8. The Labute approximate surface area is 220 Å². The largest absolute Gasteiger partial charge is 0.453 e. The smallest absolute Gasteiger partial charge is 0.407 e. The molecule has 2 saturated carbocycles. The van der Waals surface area contributed by atoms with E-state index in [0.29, 0.717) is 12.5 Å². The second-order valence-electron chi connectivity index (χ2n) is 12.3. The van der Waals surface area contributed by atoms with Crippen LogP contribution in [0.25, 0.3) is 0 Å². The maximum absolute atomic E-state index is 13.8. The van der Waals surface area contributed by atoms with Crippen LogP contribution in [0.2, 0.25) is 0 Å². The first-order valence-electron chi connectivity index (χ1n) is 13.8. The number of nitrogens with zero attached hydrogens (tertiary/aromatic N) is 2. The van der Waals surface area contributed by atoms with E-state index in [1.165, 1.54) is 14.2 Å². The van der Waals surface area contributed by atoms with E-state index in [1.54, 1.807) is 0 Å². The molecule has 37 heavy (non-hydrogen) atoms. The second-order valence-corrected chi connectivity index (χ2v) is 12.3. The molecule has 4 aliphatic rings. The summed E-state index contributed by atoms with van der Waals surface area (Å²) in [5.41, 5.74) is 0.173. The van der Waals surface area contributed by atoms with Crippen LogP contribution in [0.1, 0.15) is 72.6 Å². The molecule has 2 bridgehead atoms. The van der Waals surface area contributed by atoms with E-state index in [4.69, 9.17) is 9.47 Å². The average Bonchev–Trinajstić information content (AvgIpc) is 3.17. The Morgan fingerprint density at radius 2 is 1.46 bits per heavy atom. The Morgan fingerprint density at radius 3 is 1.97 bits per heavy atom. The van der Waals surface area contributed by atoms with Gasteiger partial charge in [-0.25, -0.2) is 9.59 Å². The number of methoxy groups -OCH3 is 2. The second kappa shape index (κ2) is 10.7. The number of carbonyl (C=O) groups is 4. The number of amides is 4. The maximum Gasteiger partial charge on any atom is 0.407 e. The molecular formula is C27H44N4O6. The van der Waals surface area contributed by atoms with Gasteiger partial charge in [0.1, 0.15) is 12.1 Å². The number of ether oxygens (including phenoxy) is 2. The summed E-state index contributed by atoms with van der Waals surface area (Å²) < 4.78 is 9.56. The molecule has 2 N–H and O–H groups in total. The molecule has 0 radical (unpaired) electrons. The van der Waals surface area contributed by atoms with Crippen LogP contribution >= 0.6 is 0 Å². The summed E-state index contributed by atoms with van der Waals surface area (Å²) in [6, 6.07) is -1.09. The molecule has 0 aromatic carbocycles. The number of rotatable bonds is 8. The van der Waals surface area contributed by atoms with Crippen molar-refractivity contribution >= 4 is 24.0 Å². The zero-order valence-corrected chi connectivity index (χ0v) is 23.1. The van der Waals surface area contributed by atoms with Gasteiger partial charge in [-0.2, -0.15) is 0 Å². The van der Waals surface area contributed by atoms with Gasteiger partial charge in [0.15, 0.2) is 0 Å². The monoisotopic (exact) mass is 520 g/mol. The lowest BCUT2D eigenvalue weighted by atomic mass is 9.89. The van der Waals surface area contributed by atoms with E-state index in [-0.39, 0.29) is 47.2 Å². The fraction of sp³-hybridized carbons (Fsp3) is 0.852. The number of likely N-dealkylation sites (tertiary alicyclic amines) is 2. The van der Waals surface area contributed by atoms with Gasteiger partial charge < -0.3 is 29.9 Å². The molecule has 2 aliphatic heterocycles. The van der Waals surface area contributed by atoms with Crippen molar-refractivity contribution in [2.45, 2.75) is 103 Å². The van der Waals surface area contributed by atoms with Gasteiger partial charge in [-0.15, -0.1) is 0 Å². The SMILES string of the molecule is COC(=O)N[C@H](C(=O)N1CC2(CC2)C[C@H]1C[C@@H]1[C@@H]2CC[C@H](C2)N1C(=O)[C@@H](NC(=O)OC)C(C)C)C(C)C. The van der Waals surface area contributed by atoms with E-state index in [1.807, 2.05) is 37.5 Å². The average molecular weight is 521 g/mol. The molecule has 2 saturated heterocycles. The molecular weight excluding hydrogens is 476 g/mol. The van der Waals surface area contributed by atoms with Gasteiger partial charge in [0.2, 0.25) is 11.8 Å². The summed E-state index contributed by atoms with van der Waals surface area (Å²) in [5, 5.41) is 5.49. The topological polar surface area (TPSA) is 117 Å². The zero-order chi connectivity index (χ0) is 27.1. The first kappa shape index (κ1) is 27.5. The Hall–Kier alpha value is -2.52. The normalized spacial score (nSPS) is 29.0. The lowest BCUT2D eigenvalue weighted by Gasteiger charge is -2.41. The standard InChI is InChI=1S/C27H44N4O6/c1-15(2)21(28-25(34)36-5)23(32)30-14-27(9-10-27)13-19(30)12-20-17-7-8-18(11-17)31(20)24(33)22(16(3)4)29-26(35)37-6/h15-22H,7-14H2,1-6H3,(H,28,34)(H,29,35)/t17-,18-,19-,20-,21+,22+/m1/s1. The lowest BCUT2D eigenvalue weighted by molar-refractivity contribution is -0.140. The quantitative estimate of drug-likeness (QED) is 0.508. The summed E-state index contributed by atoms with van der Waals surface area (Å²) in [6.07, 6.45) is 5.72. The van der Waals surface area contributed by atoms with Crippen LogP contribution in [0, 0.1) is 23.2 Å². The van der Waals surface area contributed by atoms with Gasteiger partial charge in [0, 0.05) is 24.7 Å². The predicted octanol–water partition coefficient (Wildman–Crippen LogP) is 2.90. The van der Waals surface area contributed by atoms with Gasteiger partial charge in [-0.05, 0) is 68.1 Å². The summed E-state index contributed by atoms with van der Waals surface area (Å²) in [7, 11) is 2.60. The van der Waals surface area contributed by atoms with Crippen molar-refractivity contribution in [3.63, 3.8) is 0 Å². The van der Waals surface area contributed by atoms with E-state index >= 15 is 0 Å². The molecule has 2 aliphatic carbocycles. The number of fused-ring (bicyclic) bond motifs is 2. The van der Waals surface area contributed by atoms with Crippen molar-refractivity contribution in [3.8, 4) is 0 Å². The van der Waals surface area contributed by atoms with Crippen molar-refractivity contribution in [2.24, 2.45) is 23.2 Å². The Morgan fingerprint density at radius 1 is 0.892 bits per heavy atom. The Kier molecular flexibility index (Phi) is 7.95. The Balaban J connectivity index is 1.54. The summed E-state index contributed by atoms with van der Waals surface area (Å²) in [5.74, 6) is 0.118. The minimum Gasteiger partial charge on any atom is -0.453 e. The minimum atomic E-state index is -0.656. The summed E-state index contributed by atoms with van der Waals surface area (Å²) >= 11 is 0. The van der Waals surface area contributed by atoms with Gasteiger partial charge in [0.05, 0.1) is 14.2 Å². The van der Waals surface area contributed by atoms with Crippen LogP contribution in [0.15, 0.2) is 0 Å². The molecule has 10 heteroatoms. The van der Waals surface area contributed by atoms with E-state index < -0.39 is 24.3 Å². The molecule has 4 rings (SSSR count). The van der Waals surface area contributed by atoms with Gasteiger partial charge in [-0.1, -0.05) is 27.7 Å². The number of hydrogen-bond acceptors (Lipinski definition) is 6. The fourth-order valence-corrected chi connectivity index (χ4v) is 6.93. The highest BCUT2D eigenvalue weighted by Crippen LogP contribution is 2.56. The van der Waals surface area contributed by atoms with Gasteiger partial charge >= 0.3 is 12.2 Å². The number of carbonyl (C=O) groups excluding carboxylic acids is 4. The molecule has 2 heterocycles. The first-order chi connectivity index (χ1) is 17.5. The summed E-state index contributed by atoms with van der Waals surface area (Å²) in [4.78, 5) is 55.6. The molecule has 4 fully saturated rings. The van der Waals surface area contributed by atoms with Crippen molar-refractivity contribution in [3.05, 3.63) is 0 Å². The highest BCUT2D eigenvalue weighted by atomic mass is 16.5. The van der Waals surface area contributed by atoms with Crippen LogP contribution in [-0.2, 0) is 19.1 Å². The van der Waals surface area contributed by atoms with Crippen LogP contribution in [0.3, 0.4) is 0 Å². The predicted molar refractivity (Wildman–Crippen MR) is 136 cm³/mol. The molecule has 0 unspecified atom stereocenters. The van der Waals surface area contributed by atoms with Crippen molar-refractivity contribution in [1.82, 2.24) is 20.4 Å². The van der Waals surface area contributed by atoms with E-state index in [9.17, 15) is 19.2 Å². The van der Waals surface area contributed by atoms with E-state index in [0.717, 1.165) is 44.9 Å². The Bertz CT molecular complexity index is 903. The van der Waals surface area contributed by atoms with Gasteiger partial charge in [0.25, 0.3) is 0 Å². The zero-order valence-electron chi connectivity index (χ0n) is 23.1. The van der Waals surface area contributed by atoms with Crippen molar-refractivity contribution in [1.29, 1.82) is 0 Å². The molecule has 4 amide bonds. The van der Waals surface area contributed by atoms with Crippen LogP contribution in [0.4, 0.5) is 9.59 Å². The van der Waals surface area contributed by atoms with E-state index in [2.05, 4.69) is 10.6 Å². The van der Waals surface area contributed by atoms with Crippen LogP contribution < -0.4 is 10.6 Å². The molecule has 10 nitrogen and oxygen atoms in total. The highest BCUT2D eigenvalue weighted by Gasteiger charge is 2.57. The molecule has 1 spiro atoms. The van der Waals surface area contributed by atoms with Crippen LogP contribution in [0.5, 0.6) is 0 Å². The number of hydrogen-bond donors (Lipinski definition) is 2. The number of piperidine rings is 1. The lowest BCUT2D eigenvalue weighted by Crippen LogP contribution is -2.57. The van der Waals surface area contributed by atoms with Gasteiger partial charge in [-0.3, -0.25) is 9.59 Å². The molecule has 0 aromatic rings. The van der Waals surface area contributed by atoms with Crippen molar-refractivity contribution < 1.29 is 28.7 Å². The third-order valence-corrected chi connectivity index (χ3v) is 9.15. The fourth-order valence-electron chi connectivity index (χ4n) is 6.93. The number of alkyl carbamates (subject to hydrolysis) is 2. The third-order valence-electron chi connectivity index (χ3n) is 9.15. The third kappa shape index (κ3) is 5.53. The first-order valence-corrected chi connectivity index (χ1v) is 13.8. The molecule has 6 atom stereocenters. The van der Waals surface area contributed by atoms with Crippen LogP contribution in [-0.4, -0.2) is 84.8 Å². The molecule has 208 valence electrons.